The predicted molar refractivity (Wildman–Crippen MR) is 198 cm³/mol. The molecule has 3 aromatic carbocycles. The zero-order valence-electron chi connectivity index (χ0n) is 31.0. The van der Waals surface area contributed by atoms with Gasteiger partial charge in [0.1, 0.15) is 19.3 Å². The maximum absolute atomic E-state index is 13.3. The lowest BCUT2D eigenvalue weighted by molar-refractivity contribution is -0.329. The third-order valence-corrected chi connectivity index (χ3v) is 9.75. The van der Waals surface area contributed by atoms with Crippen molar-refractivity contribution in [2.45, 2.75) is 94.6 Å². The number of amides is 3. The summed E-state index contributed by atoms with van der Waals surface area (Å²) in [6.07, 6.45) is 0.355. The molecule has 0 radical (unpaired) electrons. The van der Waals surface area contributed by atoms with E-state index in [0.29, 0.717) is 43.7 Å². The van der Waals surface area contributed by atoms with Crippen molar-refractivity contribution in [2.75, 3.05) is 27.1 Å². The van der Waals surface area contributed by atoms with Crippen molar-refractivity contribution >= 4 is 23.9 Å². The number of alkyl carbamates (subject to hydrolysis) is 2. The first-order chi connectivity index (χ1) is 26.8. The van der Waals surface area contributed by atoms with Crippen LogP contribution in [0.15, 0.2) is 78.9 Å². The molecule has 14 heteroatoms. The van der Waals surface area contributed by atoms with Gasteiger partial charge in [-0.1, -0.05) is 72.8 Å². The van der Waals surface area contributed by atoms with Gasteiger partial charge in [-0.3, -0.25) is 9.59 Å². The van der Waals surface area contributed by atoms with Gasteiger partial charge < -0.3 is 49.1 Å². The molecule has 3 aliphatic rings. The molecule has 3 aromatic rings. The highest BCUT2D eigenvalue weighted by Crippen LogP contribution is 2.41. The molecule has 6 rings (SSSR count). The summed E-state index contributed by atoms with van der Waals surface area (Å²) in [6.45, 7) is 0.489. The summed E-state index contributed by atoms with van der Waals surface area (Å²) in [7, 11) is 1.44. The Bertz CT molecular complexity index is 1740. The smallest absolute Gasteiger partial charge is 0.407 e. The van der Waals surface area contributed by atoms with Crippen LogP contribution >= 0.6 is 0 Å². The van der Waals surface area contributed by atoms with Crippen molar-refractivity contribution in [3.05, 3.63) is 95.6 Å². The highest BCUT2D eigenvalue weighted by molar-refractivity contribution is 5.90. The summed E-state index contributed by atoms with van der Waals surface area (Å²) < 4.78 is 40.7. The molecule has 3 N–H and O–H groups in total. The lowest BCUT2D eigenvalue weighted by Gasteiger charge is -2.47. The fourth-order valence-electron chi connectivity index (χ4n) is 7.14. The van der Waals surface area contributed by atoms with Crippen LogP contribution in [-0.4, -0.2) is 81.1 Å². The summed E-state index contributed by atoms with van der Waals surface area (Å²) in [5.74, 6) is -0.486. The Kier molecular flexibility index (Phi) is 14.0. The number of ketones is 1. The van der Waals surface area contributed by atoms with E-state index in [-0.39, 0.29) is 57.5 Å². The number of ether oxygens (including phenoxy) is 7. The molecular formula is C41H49N3O11. The molecule has 14 nitrogen and oxygen atoms in total. The number of hydrogen-bond donors (Lipinski definition) is 3. The van der Waals surface area contributed by atoms with Gasteiger partial charge in [0.25, 0.3) is 0 Å². The first kappa shape index (κ1) is 39.5. The molecule has 0 aliphatic carbocycles. The number of rotatable bonds is 16. The van der Waals surface area contributed by atoms with Crippen molar-refractivity contribution in [1.29, 1.82) is 0 Å². The first-order valence-electron chi connectivity index (χ1n) is 18.7. The maximum atomic E-state index is 13.3. The van der Waals surface area contributed by atoms with Crippen molar-refractivity contribution in [3.8, 4) is 11.5 Å². The Morgan fingerprint density at radius 1 is 0.855 bits per heavy atom. The van der Waals surface area contributed by atoms with Gasteiger partial charge >= 0.3 is 12.2 Å². The Morgan fingerprint density at radius 3 is 2.38 bits per heavy atom. The van der Waals surface area contributed by atoms with E-state index < -0.39 is 42.3 Å². The zero-order chi connectivity index (χ0) is 38.5. The number of carbonyl (C=O) groups is 4. The largest absolute Gasteiger partial charge is 0.454 e. The number of fused-ring (bicyclic) bond motifs is 1. The molecule has 3 aliphatic heterocycles. The summed E-state index contributed by atoms with van der Waals surface area (Å²) in [4.78, 5) is 51.9. The normalized spacial score (nSPS) is 21.9. The van der Waals surface area contributed by atoms with E-state index in [1.54, 1.807) is 6.07 Å². The van der Waals surface area contributed by atoms with Crippen LogP contribution in [0.3, 0.4) is 0 Å². The van der Waals surface area contributed by atoms with Gasteiger partial charge in [-0.05, 0) is 42.9 Å². The third-order valence-electron chi connectivity index (χ3n) is 9.75. The van der Waals surface area contributed by atoms with E-state index in [2.05, 4.69) is 16.0 Å². The van der Waals surface area contributed by atoms with E-state index >= 15 is 0 Å². The van der Waals surface area contributed by atoms with Gasteiger partial charge in [0.2, 0.25) is 12.7 Å². The number of Topliss-reactive ketones (excluding diaryl/α,β-unsaturated/α-hetero) is 1. The molecule has 2 saturated heterocycles. The maximum Gasteiger partial charge on any atom is 0.407 e. The first-order valence-corrected chi connectivity index (χ1v) is 18.7. The molecule has 2 fully saturated rings. The Labute approximate surface area is 320 Å². The monoisotopic (exact) mass is 759 g/mol. The second-order valence-corrected chi connectivity index (χ2v) is 13.9. The van der Waals surface area contributed by atoms with Gasteiger partial charge in [0.15, 0.2) is 23.1 Å². The van der Waals surface area contributed by atoms with Crippen molar-refractivity contribution < 1.29 is 52.3 Å². The van der Waals surface area contributed by atoms with Crippen LogP contribution in [0.5, 0.6) is 11.5 Å². The lowest BCUT2D eigenvalue weighted by atomic mass is 9.90. The molecule has 5 atom stereocenters. The van der Waals surface area contributed by atoms with Crippen molar-refractivity contribution in [2.24, 2.45) is 0 Å². The quantitative estimate of drug-likeness (QED) is 0.178. The minimum absolute atomic E-state index is 0.0102. The van der Waals surface area contributed by atoms with E-state index in [1.165, 1.54) is 7.11 Å². The average Bonchev–Trinajstić information content (AvgIpc) is 3.68. The molecule has 0 unspecified atom stereocenters. The van der Waals surface area contributed by atoms with Gasteiger partial charge in [-0.25, -0.2) is 9.59 Å². The van der Waals surface area contributed by atoms with Crippen LogP contribution in [0, 0.1) is 0 Å². The van der Waals surface area contributed by atoms with E-state index in [0.717, 1.165) is 23.1 Å². The molecule has 3 heterocycles. The number of para-hydroxylation sites is 1. The molecule has 55 heavy (non-hydrogen) atoms. The molecule has 0 bridgehead atoms. The minimum Gasteiger partial charge on any atom is -0.454 e. The van der Waals surface area contributed by atoms with Gasteiger partial charge in [0.05, 0.1) is 18.2 Å². The Balaban J connectivity index is 1.07. The molecular weight excluding hydrogens is 710 g/mol. The van der Waals surface area contributed by atoms with E-state index in [9.17, 15) is 19.2 Å². The fraction of sp³-hybridized carbons (Fsp3) is 0.463. The number of methoxy groups -OCH3 is 1. The summed E-state index contributed by atoms with van der Waals surface area (Å²) in [5, 5.41) is 8.45. The second kappa shape index (κ2) is 19.4. The molecule has 0 aromatic heterocycles. The molecule has 1 spiro atoms. The van der Waals surface area contributed by atoms with Crippen LogP contribution in [-0.2, 0) is 52.8 Å². The number of carbonyl (C=O) groups excluding carboxylic acids is 4. The molecule has 3 amide bonds. The summed E-state index contributed by atoms with van der Waals surface area (Å²) in [6, 6.07) is 23.7. The van der Waals surface area contributed by atoms with Gasteiger partial charge in [-0.2, -0.15) is 0 Å². The standard InChI is InChI=1S/C41H49N3O11/c1-49-26-35(45)34(20-28-10-4-2-5-11-28)44-37(46)18-17-31-21-33(53-40(48)43-24-30-14-8-16-36-38(30)52-27-51-36)22-41(54-31)19-9-15-32(55-41)25-50-39(47)42-23-29-12-6-3-7-13-29/h2-8,10-14,16,31-34H,9,15,17-27H2,1H3,(H,42,47)(H,43,48)(H,44,46)/t31-,32-,33-,34+,41+/m1/s1. The number of hydrogen-bond acceptors (Lipinski definition) is 11. The van der Waals surface area contributed by atoms with Gasteiger partial charge in [-0.15, -0.1) is 0 Å². The predicted octanol–water partition coefficient (Wildman–Crippen LogP) is 5.10. The SMILES string of the molecule is COCC(=O)[C@H](Cc1ccccc1)NC(=O)CC[C@@H]1C[C@@H](OC(=O)NCc2cccc3c2OCO3)C[C@@]2(CCC[C@H](COC(=O)NCc3ccccc3)O2)O1. The topological polar surface area (TPSA) is 169 Å². The van der Waals surface area contributed by atoms with Crippen molar-refractivity contribution in [1.82, 2.24) is 16.0 Å². The number of nitrogens with one attached hydrogen (secondary N) is 3. The minimum atomic E-state index is -1.13. The highest BCUT2D eigenvalue weighted by Gasteiger charge is 2.47. The molecule has 294 valence electrons. The Hall–Kier alpha value is -5.18. The van der Waals surface area contributed by atoms with Crippen LogP contribution < -0.4 is 25.4 Å². The van der Waals surface area contributed by atoms with Crippen LogP contribution in [0.4, 0.5) is 9.59 Å². The van der Waals surface area contributed by atoms with Gasteiger partial charge in [0, 0.05) is 51.4 Å². The highest BCUT2D eigenvalue weighted by atomic mass is 16.7. The lowest BCUT2D eigenvalue weighted by Crippen LogP contribution is -2.54. The zero-order valence-corrected chi connectivity index (χ0v) is 31.0. The average molecular weight is 760 g/mol. The van der Waals surface area contributed by atoms with E-state index in [1.807, 2.05) is 72.8 Å². The van der Waals surface area contributed by atoms with Crippen LogP contribution in [0.2, 0.25) is 0 Å². The second-order valence-electron chi connectivity index (χ2n) is 13.9. The van der Waals surface area contributed by atoms with Crippen LogP contribution in [0.25, 0.3) is 0 Å². The van der Waals surface area contributed by atoms with E-state index in [4.69, 9.17) is 33.2 Å². The fourth-order valence-corrected chi connectivity index (χ4v) is 7.14. The number of benzene rings is 3. The van der Waals surface area contributed by atoms with Crippen LogP contribution in [0.1, 0.15) is 61.6 Å². The summed E-state index contributed by atoms with van der Waals surface area (Å²) >= 11 is 0. The summed E-state index contributed by atoms with van der Waals surface area (Å²) in [5.41, 5.74) is 2.60. The Morgan fingerprint density at radius 2 is 1.60 bits per heavy atom. The molecule has 0 saturated carbocycles. The van der Waals surface area contributed by atoms with Crippen molar-refractivity contribution in [3.63, 3.8) is 0 Å². The third kappa shape index (κ3) is 11.7.